The summed E-state index contributed by atoms with van der Waals surface area (Å²) in [4.78, 5) is 17.7. The Balaban J connectivity index is 1.81. The molecule has 0 aliphatic carbocycles. The fourth-order valence-electron chi connectivity index (χ4n) is 3.66. The van der Waals surface area contributed by atoms with Gasteiger partial charge in [0.1, 0.15) is 10.8 Å². The molecule has 0 unspecified atom stereocenters. The Morgan fingerprint density at radius 3 is 2.54 bits per heavy atom. The van der Waals surface area contributed by atoms with Gasteiger partial charge in [-0.2, -0.15) is 5.10 Å². The van der Waals surface area contributed by atoms with Crippen LogP contribution in [0.4, 0.5) is 5.69 Å². The van der Waals surface area contributed by atoms with Gasteiger partial charge in [-0.3, -0.25) is 4.79 Å². The molecule has 2 aromatic heterocycles. The lowest BCUT2D eigenvalue weighted by Gasteiger charge is -2.19. The molecule has 0 atom stereocenters. The van der Waals surface area contributed by atoms with Gasteiger partial charge in [0, 0.05) is 29.6 Å². The number of nitrogens with one attached hydrogen (secondary N) is 2. The number of rotatable bonds is 7. The second-order valence-corrected chi connectivity index (χ2v) is 10.2. The first-order valence-corrected chi connectivity index (χ1v) is 12.0. The third-order valence-electron chi connectivity index (χ3n) is 5.54. The zero-order valence-electron chi connectivity index (χ0n) is 20.4. The molecule has 0 aliphatic heterocycles. The first-order chi connectivity index (χ1) is 16.6. The summed E-state index contributed by atoms with van der Waals surface area (Å²) in [6, 6.07) is 13.0. The van der Waals surface area contributed by atoms with E-state index in [2.05, 4.69) is 15.6 Å². The number of imidazole rings is 1. The van der Waals surface area contributed by atoms with Crippen LogP contribution < -0.4 is 10.6 Å². The summed E-state index contributed by atoms with van der Waals surface area (Å²) in [6.07, 6.45) is 1.76. The maximum atomic E-state index is 12.1. The molecule has 8 nitrogen and oxygen atoms in total. The lowest BCUT2D eigenvalue weighted by molar-refractivity contribution is 0.0942. The molecule has 1 amide bonds. The van der Waals surface area contributed by atoms with Crippen molar-refractivity contribution in [2.24, 2.45) is 0 Å². The quantitative estimate of drug-likeness (QED) is 0.303. The molecule has 4 aromatic rings. The number of aromatic nitrogens is 3. The monoisotopic (exact) mass is 491 g/mol. The predicted molar refractivity (Wildman–Crippen MR) is 138 cm³/mol. The molecule has 2 aromatic carbocycles. The molecule has 2 heterocycles. The number of carbonyl (C=O) groups excluding carboxylic acids is 1. The Morgan fingerprint density at radius 2 is 1.89 bits per heavy atom. The number of aromatic hydroxyl groups is 1. The van der Waals surface area contributed by atoms with Crippen molar-refractivity contribution in [3.63, 3.8) is 0 Å². The van der Waals surface area contributed by atoms with Gasteiger partial charge in [0.15, 0.2) is 5.65 Å². The molecule has 0 saturated heterocycles. The number of carbonyl (C=O) groups is 1. The van der Waals surface area contributed by atoms with Crippen LogP contribution in [0.25, 0.3) is 16.9 Å². The molecule has 4 N–H and O–H groups in total. The van der Waals surface area contributed by atoms with Crippen molar-refractivity contribution < 1.29 is 15.0 Å². The van der Waals surface area contributed by atoms with E-state index in [0.717, 1.165) is 38.0 Å². The number of amides is 1. The summed E-state index contributed by atoms with van der Waals surface area (Å²) < 4.78 is 1.77. The summed E-state index contributed by atoms with van der Waals surface area (Å²) in [7, 11) is 1.61. The molecule has 182 valence electrons. The van der Waals surface area contributed by atoms with Crippen molar-refractivity contribution in [3.8, 4) is 17.0 Å². The van der Waals surface area contributed by atoms with Crippen molar-refractivity contribution in [1.82, 2.24) is 19.9 Å². The highest BCUT2D eigenvalue weighted by atomic mass is 32.2. The smallest absolute Gasteiger partial charge is 0.251 e. The normalized spacial score (nSPS) is 11.6. The van der Waals surface area contributed by atoms with Crippen LogP contribution in [0.3, 0.4) is 0 Å². The molecule has 35 heavy (non-hydrogen) atoms. The van der Waals surface area contributed by atoms with Gasteiger partial charge in [0.25, 0.3) is 5.91 Å². The second-order valence-electron chi connectivity index (χ2n) is 9.10. The first kappa shape index (κ1) is 24.6. The van der Waals surface area contributed by atoms with Crippen LogP contribution in [-0.4, -0.2) is 49.9 Å². The fraction of sp³-hybridized carbons (Fsp3) is 0.269. The number of aryl methyl sites for hydroxylation is 2. The van der Waals surface area contributed by atoms with Gasteiger partial charge in [-0.1, -0.05) is 17.8 Å². The third-order valence-corrected chi connectivity index (χ3v) is 6.44. The number of hydrogen-bond donors (Lipinski definition) is 4. The topological polar surface area (TPSA) is 112 Å². The van der Waals surface area contributed by atoms with E-state index in [9.17, 15) is 15.0 Å². The summed E-state index contributed by atoms with van der Waals surface area (Å²) in [5, 5.41) is 31.6. The maximum Gasteiger partial charge on any atom is 0.251 e. The molecule has 0 radical (unpaired) electrons. The molecule has 0 aliphatic rings. The van der Waals surface area contributed by atoms with Crippen LogP contribution in [0.15, 0.2) is 58.6 Å². The van der Waals surface area contributed by atoms with Crippen LogP contribution in [0, 0.1) is 13.8 Å². The summed E-state index contributed by atoms with van der Waals surface area (Å²) >= 11 is 1.47. The number of phenolic OH excluding ortho intramolecular Hbond substituents is 1. The number of hydrogen-bond acceptors (Lipinski definition) is 7. The highest BCUT2D eigenvalue weighted by Gasteiger charge is 2.18. The van der Waals surface area contributed by atoms with Crippen molar-refractivity contribution >= 4 is 29.0 Å². The highest BCUT2D eigenvalue weighted by Crippen LogP contribution is 2.33. The molecule has 4 rings (SSSR count). The minimum absolute atomic E-state index is 0.133. The van der Waals surface area contributed by atoms with E-state index in [1.807, 2.05) is 44.2 Å². The highest BCUT2D eigenvalue weighted by molar-refractivity contribution is 7.99. The Bertz CT molecular complexity index is 1410. The Morgan fingerprint density at radius 1 is 1.11 bits per heavy atom. The first-order valence-electron chi connectivity index (χ1n) is 11.2. The Kier molecular flexibility index (Phi) is 6.73. The van der Waals surface area contributed by atoms with Gasteiger partial charge >= 0.3 is 0 Å². The van der Waals surface area contributed by atoms with Gasteiger partial charge in [0.05, 0.1) is 23.2 Å². The molecular weight excluding hydrogens is 462 g/mol. The van der Waals surface area contributed by atoms with Gasteiger partial charge < -0.3 is 20.8 Å². The zero-order chi connectivity index (χ0) is 25.3. The van der Waals surface area contributed by atoms with Crippen LogP contribution in [0.2, 0.25) is 0 Å². The van der Waals surface area contributed by atoms with E-state index in [-0.39, 0.29) is 11.7 Å². The standard InChI is InChI=1S/C26H29N5O3S/c1-15-10-17(6-8-19(15)25(33)27-5)21-13-28-24-20(29-14-26(3,4)34)12-23(30-31(21)24)35-18-7-9-22(32)16(2)11-18/h6-13,29,32,34H,14H2,1-5H3,(H,27,33). The van der Waals surface area contributed by atoms with Gasteiger partial charge in [0.2, 0.25) is 0 Å². The molecule has 0 bridgehead atoms. The Labute approximate surface area is 208 Å². The van der Waals surface area contributed by atoms with Gasteiger partial charge in [-0.05, 0) is 75.2 Å². The predicted octanol–water partition coefficient (Wildman–Crippen LogP) is 4.41. The number of benzene rings is 2. The molecule has 0 spiro atoms. The van der Waals surface area contributed by atoms with Gasteiger partial charge in [-0.25, -0.2) is 9.50 Å². The van der Waals surface area contributed by atoms with Gasteiger partial charge in [-0.15, -0.1) is 0 Å². The molecule has 9 heteroatoms. The second kappa shape index (κ2) is 9.59. The van der Waals surface area contributed by atoms with Crippen molar-refractivity contribution in [2.45, 2.75) is 43.2 Å². The summed E-state index contributed by atoms with van der Waals surface area (Å²) in [5.41, 5.74) is 4.37. The number of fused-ring (bicyclic) bond motifs is 1. The summed E-state index contributed by atoms with van der Waals surface area (Å²) in [5.74, 6) is 0.115. The van der Waals surface area contributed by atoms with E-state index in [1.165, 1.54) is 11.8 Å². The zero-order valence-corrected chi connectivity index (χ0v) is 21.2. The van der Waals surface area contributed by atoms with E-state index in [0.29, 0.717) is 17.8 Å². The molecule has 0 fully saturated rings. The fourth-order valence-corrected chi connectivity index (χ4v) is 4.57. The number of phenols is 1. The van der Waals surface area contributed by atoms with E-state index >= 15 is 0 Å². The average Bonchev–Trinajstić information content (AvgIpc) is 3.23. The lowest BCUT2D eigenvalue weighted by Crippen LogP contribution is -2.29. The van der Waals surface area contributed by atoms with Crippen LogP contribution >= 0.6 is 11.8 Å². The largest absolute Gasteiger partial charge is 0.508 e. The van der Waals surface area contributed by atoms with Crippen LogP contribution in [0.1, 0.15) is 35.3 Å². The Hall–Kier alpha value is -3.56. The maximum absolute atomic E-state index is 12.1. The van der Waals surface area contributed by atoms with E-state index in [4.69, 9.17) is 5.10 Å². The summed E-state index contributed by atoms with van der Waals surface area (Å²) in [6.45, 7) is 7.56. The minimum Gasteiger partial charge on any atom is -0.508 e. The minimum atomic E-state index is -0.913. The lowest BCUT2D eigenvalue weighted by atomic mass is 10.0. The SMILES string of the molecule is CNC(=O)c1ccc(-c2cnc3c(NCC(C)(C)O)cc(Sc4ccc(O)c(C)c4)nn23)cc1C. The number of aliphatic hydroxyl groups is 1. The average molecular weight is 492 g/mol. The number of nitrogens with zero attached hydrogens (tertiary/aromatic N) is 3. The van der Waals surface area contributed by atoms with Crippen LogP contribution in [0.5, 0.6) is 5.75 Å². The van der Waals surface area contributed by atoms with Crippen LogP contribution in [-0.2, 0) is 0 Å². The van der Waals surface area contributed by atoms with Crippen molar-refractivity contribution in [1.29, 1.82) is 0 Å². The van der Waals surface area contributed by atoms with E-state index in [1.54, 1.807) is 43.7 Å². The third kappa shape index (κ3) is 5.41. The van der Waals surface area contributed by atoms with Crippen molar-refractivity contribution in [2.75, 3.05) is 18.9 Å². The molecule has 0 saturated carbocycles. The van der Waals surface area contributed by atoms with E-state index < -0.39 is 5.60 Å². The van der Waals surface area contributed by atoms with Crippen molar-refractivity contribution in [3.05, 3.63) is 65.4 Å². The molecular formula is C26H29N5O3S. The number of anilines is 1.